The minimum absolute atomic E-state index is 0.0617. The van der Waals surface area contributed by atoms with Gasteiger partial charge in [0.2, 0.25) is 0 Å². The Balaban J connectivity index is 1.56. The number of nitrogens with zero attached hydrogens (tertiary/aromatic N) is 4. The molecule has 2 atom stereocenters. The molecule has 1 amide bonds. The average Bonchev–Trinajstić information content (AvgIpc) is 3.11. The lowest BCUT2D eigenvalue weighted by Crippen LogP contribution is -2.37. The second kappa shape index (κ2) is 5.43. The number of carbonyl (C=O) groups excluding carboxylic acids is 1. The third-order valence-corrected chi connectivity index (χ3v) is 5.33. The van der Waals surface area contributed by atoms with Crippen molar-refractivity contribution < 1.29 is 4.79 Å². The van der Waals surface area contributed by atoms with E-state index in [1.807, 2.05) is 29.7 Å². The number of likely N-dealkylation sites (tertiary alicyclic amines) is 1. The third kappa shape index (κ3) is 2.72. The van der Waals surface area contributed by atoms with Crippen LogP contribution < -0.4 is 0 Å². The first kappa shape index (κ1) is 15.4. The van der Waals surface area contributed by atoms with E-state index in [9.17, 15) is 4.79 Å². The van der Waals surface area contributed by atoms with E-state index in [4.69, 9.17) is 0 Å². The van der Waals surface area contributed by atoms with Crippen LogP contribution in [0.15, 0.2) is 30.7 Å². The molecule has 2 aromatic rings. The lowest BCUT2D eigenvalue weighted by Gasteiger charge is -2.34. The minimum atomic E-state index is 0.0617. The van der Waals surface area contributed by atoms with Gasteiger partial charge in [0.1, 0.15) is 17.8 Å². The van der Waals surface area contributed by atoms with Gasteiger partial charge in [-0.25, -0.2) is 9.97 Å². The smallest absolute Gasteiger partial charge is 0.274 e. The molecule has 2 aliphatic rings. The molecule has 0 radical (unpaired) electrons. The quantitative estimate of drug-likeness (QED) is 0.852. The van der Waals surface area contributed by atoms with E-state index in [-0.39, 0.29) is 5.91 Å². The molecular weight excluding hydrogens is 300 g/mol. The van der Waals surface area contributed by atoms with Crippen LogP contribution in [0.1, 0.15) is 49.3 Å². The van der Waals surface area contributed by atoms with Gasteiger partial charge in [0, 0.05) is 24.5 Å². The van der Waals surface area contributed by atoms with Crippen molar-refractivity contribution in [2.45, 2.75) is 46.1 Å². The summed E-state index contributed by atoms with van der Waals surface area (Å²) in [6, 6.07) is 6.21. The van der Waals surface area contributed by atoms with E-state index in [2.05, 4.69) is 28.7 Å². The van der Waals surface area contributed by atoms with Crippen LogP contribution in [0.3, 0.4) is 0 Å². The average molecular weight is 324 g/mol. The number of aromatic nitrogens is 3. The lowest BCUT2D eigenvalue weighted by atomic mass is 9.72. The maximum atomic E-state index is 12.9. The minimum Gasteiger partial charge on any atom is -0.334 e. The standard InChI is InChI=1S/C19H24N4O/c1-13-5-4-6-17(21-13)22-11-16(20-12-22)18(24)23-10-14-7-15(23)9-19(2,3)8-14/h4-6,11-12,14-15H,7-10H2,1-3H3. The molecule has 0 aromatic carbocycles. The molecule has 2 unspecified atom stereocenters. The normalized spacial score (nSPS) is 25.0. The van der Waals surface area contributed by atoms with Crippen LogP contribution in [-0.2, 0) is 0 Å². The lowest BCUT2D eigenvalue weighted by molar-refractivity contribution is 0.0703. The second-order valence-electron chi connectivity index (χ2n) is 8.09. The summed E-state index contributed by atoms with van der Waals surface area (Å²) in [7, 11) is 0. The van der Waals surface area contributed by atoms with E-state index < -0.39 is 0 Å². The molecule has 2 fully saturated rings. The van der Waals surface area contributed by atoms with E-state index >= 15 is 0 Å². The molecule has 126 valence electrons. The molecule has 3 heterocycles. The van der Waals surface area contributed by atoms with E-state index in [0.29, 0.717) is 23.1 Å². The Labute approximate surface area is 142 Å². The van der Waals surface area contributed by atoms with Gasteiger partial charge in [-0.3, -0.25) is 9.36 Å². The van der Waals surface area contributed by atoms with Crippen LogP contribution in [0.4, 0.5) is 0 Å². The number of imidazole rings is 1. The van der Waals surface area contributed by atoms with Crippen molar-refractivity contribution in [3.63, 3.8) is 0 Å². The highest BCUT2D eigenvalue weighted by atomic mass is 16.2. The Morgan fingerprint density at radius 2 is 2.12 bits per heavy atom. The predicted octanol–water partition coefficient (Wildman–Crippen LogP) is 3.23. The monoisotopic (exact) mass is 324 g/mol. The highest BCUT2D eigenvalue weighted by molar-refractivity contribution is 5.92. The van der Waals surface area contributed by atoms with Crippen LogP contribution >= 0.6 is 0 Å². The fourth-order valence-electron chi connectivity index (χ4n) is 4.48. The molecule has 5 nitrogen and oxygen atoms in total. The molecule has 24 heavy (non-hydrogen) atoms. The first-order valence-electron chi connectivity index (χ1n) is 8.70. The molecule has 2 aromatic heterocycles. The fourth-order valence-corrected chi connectivity index (χ4v) is 4.48. The number of fused-ring (bicyclic) bond motifs is 2. The molecule has 4 rings (SSSR count). The number of rotatable bonds is 2. The Morgan fingerprint density at radius 3 is 2.92 bits per heavy atom. The van der Waals surface area contributed by atoms with Crippen molar-refractivity contribution in [2.75, 3.05) is 6.54 Å². The Morgan fingerprint density at radius 1 is 1.29 bits per heavy atom. The van der Waals surface area contributed by atoms with Gasteiger partial charge in [-0.2, -0.15) is 0 Å². The molecule has 1 saturated heterocycles. The summed E-state index contributed by atoms with van der Waals surface area (Å²) >= 11 is 0. The highest BCUT2D eigenvalue weighted by Crippen LogP contribution is 2.45. The molecule has 0 N–H and O–H groups in total. The van der Waals surface area contributed by atoms with E-state index in [1.165, 1.54) is 6.42 Å². The fraction of sp³-hybridized carbons (Fsp3) is 0.526. The molecule has 1 saturated carbocycles. The number of hydrogen-bond donors (Lipinski definition) is 0. The van der Waals surface area contributed by atoms with Crippen molar-refractivity contribution in [3.05, 3.63) is 42.1 Å². The summed E-state index contributed by atoms with van der Waals surface area (Å²) in [6.45, 7) is 7.47. The largest absolute Gasteiger partial charge is 0.334 e. The molecule has 5 heteroatoms. The first-order chi connectivity index (χ1) is 11.4. The van der Waals surface area contributed by atoms with Crippen molar-refractivity contribution in [1.29, 1.82) is 0 Å². The van der Waals surface area contributed by atoms with Crippen molar-refractivity contribution in [2.24, 2.45) is 11.3 Å². The Kier molecular flexibility index (Phi) is 3.48. The first-order valence-corrected chi connectivity index (χ1v) is 8.70. The SMILES string of the molecule is Cc1cccc(-n2cnc(C(=O)N3CC4CC3CC(C)(C)C4)c2)n1. The topological polar surface area (TPSA) is 51.0 Å². The zero-order chi connectivity index (χ0) is 16.9. The van der Waals surface area contributed by atoms with Crippen LogP contribution in [-0.4, -0.2) is 37.9 Å². The van der Waals surface area contributed by atoms with Gasteiger partial charge in [0.25, 0.3) is 5.91 Å². The molecule has 1 aliphatic carbocycles. The van der Waals surface area contributed by atoms with Gasteiger partial charge in [-0.15, -0.1) is 0 Å². The van der Waals surface area contributed by atoms with Crippen LogP contribution in [0, 0.1) is 18.3 Å². The van der Waals surface area contributed by atoms with Gasteiger partial charge >= 0.3 is 0 Å². The van der Waals surface area contributed by atoms with Gasteiger partial charge in [-0.05, 0) is 49.7 Å². The van der Waals surface area contributed by atoms with Crippen LogP contribution in [0.2, 0.25) is 0 Å². The zero-order valence-corrected chi connectivity index (χ0v) is 14.6. The Bertz CT molecular complexity index is 779. The summed E-state index contributed by atoms with van der Waals surface area (Å²) in [6.07, 6.45) is 6.94. The van der Waals surface area contributed by atoms with Crippen molar-refractivity contribution in [1.82, 2.24) is 19.4 Å². The van der Waals surface area contributed by atoms with Gasteiger partial charge < -0.3 is 4.90 Å². The van der Waals surface area contributed by atoms with Gasteiger partial charge in [0.15, 0.2) is 0 Å². The predicted molar refractivity (Wildman–Crippen MR) is 92.0 cm³/mol. The number of pyridine rings is 1. The second-order valence-corrected chi connectivity index (χ2v) is 8.09. The van der Waals surface area contributed by atoms with Gasteiger partial charge in [0.05, 0.1) is 0 Å². The van der Waals surface area contributed by atoms with Gasteiger partial charge in [-0.1, -0.05) is 19.9 Å². The Hall–Kier alpha value is -2.17. The summed E-state index contributed by atoms with van der Waals surface area (Å²) < 4.78 is 1.83. The number of carbonyl (C=O) groups is 1. The molecule has 0 spiro atoms. The molecular formula is C19H24N4O. The summed E-state index contributed by atoms with van der Waals surface area (Å²) in [5.41, 5.74) is 1.81. The van der Waals surface area contributed by atoms with Crippen molar-refractivity contribution >= 4 is 5.91 Å². The number of amides is 1. The maximum Gasteiger partial charge on any atom is 0.274 e. The summed E-state index contributed by atoms with van der Waals surface area (Å²) in [5.74, 6) is 1.50. The highest BCUT2D eigenvalue weighted by Gasteiger charge is 2.44. The molecule has 2 bridgehead atoms. The van der Waals surface area contributed by atoms with E-state index in [0.717, 1.165) is 30.9 Å². The number of hydrogen-bond acceptors (Lipinski definition) is 3. The van der Waals surface area contributed by atoms with Crippen LogP contribution in [0.25, 0.3) is 5.82 Å². The maximum absolute atomic E-state index is 12.9. The third-order valence-electron chi connectivity index (χ3n) is 5.33. The van der Waals surface area contributed by atoms with Crippen molar-refractivity contribution in [3.8, 4) is 5.82 Å². The zero-order valence-electron chi connectivity index (χ0n) is 14.6. The summed E-state index contributed by atoms with van der Waals surface area (Å²) in [4.78, 5) is 23.8. The van der Waals surface area contributed by atoms with Crippen LogP contribution in [0.5, 0.6) is 0 Å². The molecule has 1 aliphatic heterocycles. The van der Waals surface area contributed by atoms with E-state index in [1.54, 1.807) is 12.5 Å². The number of aryl methyl sites for hydroxylation is 1. The summed E-state index contributed by atoms with van der Waals surface area (Å²) in [5, 5.41) is 0.